The molecule has 0 fully saturated rings. The van der Waals surface area contributed by atoms with E-state index in [4.69, 9.17) is 9.47 Å². The Balaban J connectivity index is 1.66. The number of hydrogen-bond acceptors (Lipinski definition) is 5. The van der Waals surface area contributed by atoms with Gasteiger partial charge in [0.1, 0.15) is 0 Å². The van der Waals surface area contributed by atoms with Crippen LogP contribution >= 0.6 is 11.8 Å². The van der Waals surface area contributed by atoms with Crippen LogP contribution in [0, 0.1) is 13.8 Å². The van der Waals surface area contributed by atoms with E-state index in [2.05, 4.69) is 10.6 Å². The van der Waals surface area contributed by atoms with Crippen LogP contribution in [0.5, 0.6) is 11.5 Å². The molecule has 0 spiro atoms. The van der Waals surface area contributed by atoms with Gasteiger partial charge in [-0.3, -0.25) is 9.59 Å². The Morgan fingerprint density at radius 2 is 1.62 bits per heavy atom. The van der Waals surface area contributed by atoms with Crippen molar-refractivity contribution in [3.05, 3.63) is 53.1 Å². The van der Waals surface area contributed by atoms with Gasteiger partial charge < -0.3 is 20.1 Å². The normalized spacial score (nSPS) is 10.3. The number of carbonyl (C=O) groups is 2. The van der Waals surface area contributed by atoms with Crippen molar-refractivity contribution in [3.8, 4) is 11.5 Å². The number of rotatable bonds is 10. The van der Waals surface area contributed by atoms with Crippen LogP contribution < -0.4 is 20.1 Å². The first kappa shape index (κ1) is 22.6. The van der Waals surface area contributed by atoms with E-state index in [1.807, 2.05) is 50.2 Å². The van der Waals surface area contributed by atoms with Crippen LogP contribution in [0.2, 0.25) is 0 Å². The molecule has 0 unspecified atom stereocenters. The molecule has 0 heterocycles. The number of thioether (sulfide) groups is 1. The number of hydrogen-bond donors (Lipinski definition) is 2. The lowest BCUT2D eigenvalue weighted by Gasteiger charge is -2.10. The fraction of sp³-hybridized carbons (Fsp3) is 0.364. The third kappa shape index (κ3) is 7.34. The zero-order chi connectivity index (χ0) is 21.2. The van der Waals surface area contributed by atoms with Gasteiger partial charge in [-0.2, -0.15) is 0 Å². The minimum atomic E-state index is -0.114. The number of nitrogens with one attached hydrogen (secondary N) is 2. The molecule has 156 valence electrons. The first-order valence-electron chi connectivity index (χ1n) is 9.35. The van der Waals surface area contributed by atoms with E-state index in [-0.39, 0.29) is 23.3 Å². The van der Waals surface area contributed by atoms with Gasteiger partial charge in [-0.1, -0.05) is 12.1 Å². The van der Waals surface area contributed by atoms with Crippen LogP contribution in [0.25, 0.3) is 0 Å². The molecule has 0 aromatic heterocycles. The van der Waals surface area contributed by atoms with Gasteiger partial charge in [0.25, 0.3) is 0 Å². The first-order chi connectivity index (χ1) is 13.9. The van der Waals surface area contributed by atoms with E-state index in [1.54, 1.807) is 14.2 Å². The summed E-state index contributed by atoms with van der Waals surface area (Å²) in [4.78, 5) is 24.0. The highest BCUT2D eigenvalue weighted by Gasteiger charge is 2.08. The summed E-state index contributed by atoms with van der Waals surface area (Å²) >= 11 is 1.29. The van der Waals surface area contributed by atoms with Crippen molar-refractivity contribution < 1.29 is 19.1 Å². The minimum absolute atomic E-state index is 0.0885. The van der Waals surface area contributed by atoms with Crippen molar-refractivity contribution >= 4 is 29.3 Å². The highest BCUT2D eigenvalue weighted by molar-refractivity contribution is 8.00. The second kappa shape index (κ2) is 11.4. The monoisotopic (exact) mass is 416 g/mol. The minimum Gasteiger partial charge on any atom is -0.493 e. The third-order valence-corrected chi connectivity index (χ3v) is 5.37. The molecule has 0 saturated heterocycles. The molecule has 2 N–H and O–H groups in total. The summed E-state index contributed by atoms with van der Waals surface area (Å²) in [6.45, 7) is 4.55. The summed E-state index contributed by atoms with van der Waals surface area (Å²) in [5.74, 6) is 1.62. The van der Waals surface area contributed by atoms with E-state index in [0.717, 1.165) is 16.8 Å². The molecule has 0 aliphatic heterocycles. The summed E-state index contributed by atoms with van der Waals surface area (Å²) in [6, 6.07) is 11.5. The van der Waals surface area contributed by atoms with Crippen LogP contribution in [0.3, 0.4) is 0 Å². The van der Waals surface area contributed by atoms with E-state index in [1.165, 1.54) is 17.3 Å². The van der Waals surface area contributed by atoms with Gasteiger partial charge in [0.2, 0.25) is 11.8 Å². The topological polar surface area (TPSA) is 76.7 Å². The molecule has 7 heteroatoms. The summed E-state index contributed by atoms with van der Waals surface area (Å²) in [5, 5.41) is 5.73. The SMILES string of the molecule is COc1ccc(CCNC(=O)CSCC(=O)Nc2ccc(C)c(C)c2)cc1OC. The highest BCUT2D eigenvalue weighted by Crippen LogP contribution is 2.27. The van der Waals surface area contributed by atoms with Crippen LogP contribution in [-0.4, -0.2) is 44.1 Å². The van der Waals surface area contributed by atoms with Crippen molar-refractivity contribution in [1.29, 1.82) is 0 Å². The quantitative estimate of drug-likeness (QED) is 0.621. The Morgan fingerprint density at radius 1 is 0.897 bits per heavy atom. The van der Waals surface area contributed by atoms with Gasteiger partial charge in [0.15, 0.2) is 11.5 Å². The van der Waals surface area contributed by atoms with Gasteiger partial charge in [-0.25, -0.2) is 0 Å². The van der Waals surface area contributed by atoms with Crippen molar-refractivity contribution in [2.45, 2.75) is 20.3 Å². The number of amides is 2. The lowest BCUT2D eigenvalue weighted by atomic mass is 10.1. The maximum atomic E-state index is 12.0. The number of anilines is 1. The van der Waals surface area contributed by atoms with E-state index in [0.29, 0.717) is 24.5 Å². The smallest absolute Gasteiger partial charge is 0.234 e. The van der Waals surface area contributed by atoms with E-state index >= 15 is 0 Å². The fourth-order valence-corrected chi connectivity index (χ4v) is 3.33. The molecule has 0 bridgehead atoms. The van der Waals surface area contributed by atoms with Crippen LogP contribution in [0.15, 0.2) is 36.4 Å². The number of methoxy groups -OCH3 is 2. The molecule has 2 aromatic rings. The zero-order valence-corrected chi connectivity index (χ0v) is 18.2. The molecule has 0 aliphatic rings. The average molecular weight is 417 g/mol. The van der Waals surface area contributed by atoms with Crippen molar-refractivity contribution in [1.82, 2.24) is 5.32 Å². The number of ether oxygens (including phenoxy) is 2. The molecule has 29 heavy (non-hydrogen) atoms. The van der Waals surface area contributed by atoms with Crippen molar-refractivity contribution in [2.24, 2.45) is 0 Å². The first-order valence-corrected chi connectivity index (χ1v) is 10.5. The number of carbonyl (C=O) groups excluding carboxylic acids is 2. The fourth-order valence-electron chi connectivity index (χ4n) is 2.69. The maximum Gasteiger partial charge on any atom is 0.234 e. The van der Waals surface area contributed by atoms with Crippen molar-refractivity contribution in [3.63, 3.8) is 0 Å². The Morgan fingerprint density at radius 3 is 2.31 bits per heavy atom. The van der Waals surface area contributed by atoms with E-state index in [9.17, 15) is 9.59 Å². The lowest BCUT2D eigenvalue weighted by molar-refractivity contribution is -0.118. The molecule has 0 atom stereocenters. The Labute approximate surface area is 176 Å². The van der Waals surface area contributed by atoms with Gasteiger partial charge in [-0.05, 0) is 61.2 Å². The van der Waals surface area contributed by atoms with Crippen LogP contribution in [0.1, 0.15) is 16.7 Å². The summed E-state index contributed by atoms with van der Waals surface area (Å²) in [5.41, 5.74) is 4.13. The molecule has 0 aliphatic carbocycles. The standard InChI is InChI=1S/C22H28N2O4S/c1-15-5-7-18(11-16(15)2)24-22(26)14-29-13-21(25)23-10-9-17-6-8-19(27-3)20(12-17)28-4/h5-8,11-12H,9-10,13-14H2,1-4H3,(H,23,25)(H,24,26). The molecule has 2 aromatic carbocycles. The summed E-state index contributed by atoms with van der Waals surface area (Å²) < 4.78 is 10.5. The van der Waals surface area contributed by atoms with Gasteiger partial charge in [0, 0.05) is 12.2 Å². The second-order valence-electron chi connectivity index (χ2n) is 6.63. The Kier molecular flexibility index (Phi) is 8.86. The largest absolute Gasteiger partial charge is 0.493 e. The molecule has 0 saturated carbocycles. The van der Waals surface area contributed by atoms with Crippen LogP contribution in [-0.2, 0) is 16.0 Å². The van der Waals surface area contributed by atoms with Gasteiger partial charge >= 0.3 is 0 Å². The third-order valence-electron chi connectivity index (χ3n) is 4.44. The van der Waals surface area contributed by atoms with Gasteiger partial charge in [-0.15, -0.1) is 11.8 Å². The molecular formula is C22H28N2O4S. The van der Waals surface area contributed by atoms with Crippen molar-refractivity contribution in [2.75, 3.05) is 37.6 Å². The highest BCUT2D eigenvalue weighted by atomic mass is 32.2. The predicted molar refractivity (Wildman–Crippen MR) is 118 cm³/mol. The second-order valence-corrected chi connectivity index (χ2v) is 7.61. The van der Waals surface area contributed by atoms with Gasteiger partial charge in [0.05, 0.1) is 25.7 Å². The Bertz CT molecular complexity index is 855. The number of aryl methyl sites for hydroxylation is 2. The molecular weight excluding hydrogens is 388 g/mol. The summed E-state index contributed by atoms with van der Waals surface area (Å²) in [6.07, 6.45) is 0.685. The zero-order valence-electron chi connectivity index (χ0n) is 17.3. The van der Waals surface area contributed by atoms with Crippen LogP contribution in [0.4, 0.5) is 5.69 Å². The molecule has 0 radical (unpaired) electrons. The number of benzene rings is 2. The summed E-state index contributed by atoms with van der Waals surface area (Å²) in [7, 11) is 3.19. The Hall–Kier alpha value is -2.67. The average Bonchev–Trinajstić information content (AvgIpc) is 2.70. The molecule has 2 amide bonds. The maximum absolute atomic E-state index is 12.0. The molecule has 2 rings (SSSR count). The van der Waals surface area contributed by atoms with E-state index < -0.39 is 0 Å². The lowest BCUT2D eigenvalue weighted by Crippen LogP contribution is -2.28. The predicted octanol–water partition coefficient (Wildman–Crippen LogP) is 3.35. The molecule has 6 nitrogen and oxygen atoms in total.